The van der Waals surface area contributed by atoms with Crippen molar-refractivity contribution >= 4 is 11.6 Å². The lowest BCUT2D eigenvalue weighted by Gasteiger charge is -2.37. The Labute approximate surface area is 108 Å². The average Bonchev–Trinajstić information content (AvgIpc) is 2.40. The molecule has 4 nitrogen and oxygen atoms in total. The number of rotatable bonds is 3. The lowest BCUT2D eigenvalue weighted by Crippen LogP contribution is -2.44. The second-order valence-corrected chi connectivity index (χ2v) is 5.15. The van der Waals surface area contributed by atoms with E-state index in [4.69, 9.17) is 10.5 Å². The monoisotopic (exact) mass is 248 g/mol. The third kappa shape index (κ3) is 2.25. The molecule has 0 saturated heterocycles. The Morgan fingerprint density at radius 1 is 1.50 bits per heavy atom. The van der Waals surface area contributed by atoms with Crippen LogP contribution < -0.4 is 5.73 Å². The summed E-state index contributed by atoms with van der Waals surface area (Å²) in [6.45, 7) is 2.21. The number of hydrogen-bond donors (Lipinski definition) is 1. The summed E-state index contributed by atoms with van der Waals surface area (Å²) >= 11 is 0. The summed E-state index contributed by atoms with van der Waals surface area (Å²) in [6, 6.07) is 3.46. The molecule has 1 aromatic rings. The Bertz CT molecular complexity index is 437. The first-order chi connectivity index (χ1) is 8.59. The molecule has 98 valence electrons. The fourth-order valence-electron chi connectivity index (χ4n) is 2.61. The smallest absolute Gasteiger partial charge is 0.198 e. The van der Waals surface area contributed by atoms with E-state index in [0.29, 0.717) is 11.5 Å². The topological polar surface area (TPSA) is 65.2 Å². The van der Waals surface area contributed by atoms with Crippen molar-refractivity contribution in [2.75, 3.05) is 12.8 Å². The zero-order chi connectivity index (χ0) is 13.2. The summed E-state index contributed by atoms with van der Waals surface area (Å²) in [4.78, 5) is 16.6. The molecule has 2 N–H and O–H groups in total. The van der Waals surface area contributed by atoms with Gasteiger partial charge in [0.05, 0.1) is 5.56 Å². The van der Waals surface area contributed by atoms with Gasteiger partial charge < -0.3 is 10.5 Å². The fourth-order valence-corrected chi connectivity index (χ4v) is 2.61. The zero-order valence-electron chi connectivity index (χ0n) is 11.0. The van der Waals surface area contributed by atoms with Crippen LogP contribution >= 0.6 is 0 Å². The van der Waals surface area contributed by atoms with Gasteiger partial charge >= 0.3 is 0 Å². The number of pyridine rings is 1. The minimum Gasteiger partial charge on any atom is -0.383 e. The zero-order valence-corrected chi connectivity index (χ0v) is 11.0. The molecule has 0 unspecified atom stereocenters. The van der Waals surface area contributed by atoms with Crippen LogP contribution in [-0.2, 0) is 4.74 Å². The Balaban J connectivity index is 2.28. The van der Waals surface area contributed by atoms with Crippen LogP contribution in [0.5, 0.6) is 0 Å². The van der Waals surface area contributed by atoms with Gasteiger partial charge in [0.1, 0.15) is 11.4 Å². The van der Waals surface area contributed by atoms with E-state index in [1.807, 2.05) is 0 Å². The van der Waals surface area contributed by atoms with E-state index in [9.17, 15) is 4.79 Å². The number of carbonyl (C=O) groups excluding carboxylic acids is 1. The molecule has 0 aliphatic heterocycles. The van der Waals surface area contributed by atoms with Crippen molar-refractivity contribution in [2.24, 2.45) is 5.92 Å². The highest BCUT2D eigenvalue weighted by Crippen LogP contribution is 2.37. The highest BCUT2D eigenvalue weighted by atomic mass is 16.5. The molecular weight excluding hydrogens is 228 g/mol. The summed E-state index contributed by atoms with van der Waals surface area (Å²) in [5, 5.41) is 0. The van der Waals surface area contributed by atoms with Gasteiger partial charge in [-0.2, -0.15) is 0 Å². The number of methoxy groups -OCH3 is 1. The van der Waals surface area contributed by atoms with E-state index in [1.165, 1.54) is 0 Å². The number of hydrogen-bond acceptors (Lipinski definition) is 4. The first-order valence-electron chi connectivity index (χ1n) is 6.39. The molecule has 0 atom stereocenters. The lowest BCUT2D eigenvalue weighted by molar-refractivity contribution is -0.0262. The molecule has 0 bridgehead atoms. The summed E-state index contributed by atoms with van der Waals surface area (Å²) in [6.07, 6.45) is 5.14. The Kier molecular flexibility index (Phi) is 3.66. The van der Waals surface area contributed by atoms with E-state index in [-0.39, 0.29) is 11.6 Å². The molecular formula is C14H20N2O2. The molecule has 1 aliphatic rings. The molecule has 18 heavy (non-hydrogen) atoms. The number of ketones is 1. The molecule has 1 saturated carbocycles. The number of nitrogens with two attached hydrogens (primary N) is 1. The van der Waals surface area contributed by atoms with Crippen molar-refractivity contribution in [2.45, 2.75) is 38.2 Å². The van der Waals surface area contributed by atoms with E-state index in [0.717, 1.165) is 25.7 Å². The Morgan fingerprint density at radius 3 is 2.72 bits per heavy atom. The number of nitrogen functional groups attached to an aromatic ring is 1. The normalized spacial score (nSPS) is 28.0. The second-order valence-electron chi connectivity index (χ2n) is 5.15. The van der Waals surface area contributed by atoms with Gasteiger partial charge in [0, 0.05) is 13.3 Å². The van der Waals surface area contributed by atoms with Crippen molar-refractivity contribution in [1.82, 2.24) is 4.98 Å². The Morgan fingerprint density at radius 2 is 2.17 bits per heavy atom. The van der Waals surface area contributed by atoms with Crippen molar-refractivity contribution < 1.29 is 9.53 Å². The SMILES string of the molecule is COC1(C(=O)c2cccnc2N)CCC(C)CC1. The summed E-state index contributed by atoms with van der Waals surface area (Å²) in [5.74, 6) is 0.923. The van der Waals surface area contributed by atoms with Gasteiger partial charge in [-0.3, -0.25) is 4.79 Å². The van der Waals surface area contributed by atoms with Crippen LogP contribution in [0.4, 0.5) is 5.82 Å². The van der Waals surface area contributed by atoms with Crippen LogP contribution in [-0.4, -0.2) is 23.5 Å². The van der Waals surface area contributed by atoms with Crippen LogP contribution in [0.3, 0.4) is 0 Å². The van der Waals surface area contributed by atoms with Gasteiger partial charge in [0.15, 0.2) is 5.78 Å². The number of ether oxygens (including phenoxy) is 1. The molecule has 1 fully saturated rings. The number of carbonyl (C=O) groups is 1. The van der Waals surface area contributed by atoms with Crippen LogP contribution in [0.1, 0.15) is 43.0 Å². The number of anilines is 1. The predicted molar refractivity (Wildman–Crippen MR) is 70.4 cm³/mol. The third-order valence-corrected chi connectivity index (χ3v) is 3.97. The quantitative estimate of drug-likeness (QED) is 0.834. The van der Waals surface area contributed by atoms with Crippen LogP contribution in [0, 0.1) is 5.92 Å². The Hall–Kier alpha value is -1.42. The largest absolute Gasteiger partial charge is 0.383 e. The number of nitrogens with zero attached hydrogens (tertiary/aromatic N) is 1. The lowest BCUT2D eigenvalue weighted by atomic mass is 9.75. The van der Waals surface area contributed by atoms with Crippen LogP contribution in [0.15, 0.2) is 18.3 Å². The summed E-state index contributed by atoms with van der Waals surface area (Å²) in [5.41, 5.74) is 5.56. The maximum absolute atomic E-state index is 12.6. The minimum absolute atomic E-state index is 0.0255. The molecule has 0 radical (unpaired) electrons. The minimum atomic E-state index is -0.705. The molecule has 4 heteroatoms. The highest BCUT2D eigenvalue weighted by Gasteiger charge is 2.42. The third-order valence-electron chi connectivity index (χ3n) is 3.97. The van der Waals surface area contributed by atoms with Crippen molar-refractivity contribution in [3.63, 3.8) is 0 Å². The van der Waals surface area contributed by atoms with E-state index in [2.05, 4.69) is 11.9 Å². The van der Waals surface area contributed by atoms with Gasteiger partial charge in [-0.05, 0) is 43.7 Å². The molecule has 0 aromatic carbocycles. The molecule has 0 amide bonds. The van der Waals surface area contributed by atoms with Crippen molar-refractivity contribution in [1.29, 1.82) is 0 Å². The van der Waals surface area contributed by atoms with Crippen molar-refractivity contribution in [3.8, 4) is 0 Å². The van der Waals surface area contributed by atoms with Gasteiger partial charge in [-0.1, -0.05) is 6.92 Å². The number of aromatic nitrogens is 1. The van der Waals surface area contributed by atoms with Crippen LogP contribution in [0.25, 0.3) is 0 Å². The fraction of sp³-hybridized carbons (Fsp3) is 0.571. The van der Waals surface area contributed by atoms with Gasteiger partial charge in [0.25, 0.3) is 0 Å². The maximum Gasteiger partial charge on any atom is 0.198 e. The number of Topliss-reactive ketones (excluding diaryl/α,β-unsaturated/α-hetero) is 1. The second kappa shape index (κ2) is 5.06. The molecule has 2 rings (SSSR count). The molecule has 0 spiro atoms. The summed E-state index contributed by atoms with van der Waals surface area (Å²) < 4.78 is 5.57. The maximum atomic E-state index is 12.6. The standard InChI is InChI=1S/C14H20N2O2/c1-10-5-7-14(18-2,8-6-10)12(17)11-4-3-9-16-13(11)15/h3-4,9-10H,5-8H2,1-2H3,(H2,15,16). The van der Waals surface area contributed by atoms with Gasteiger partial charge in [-0.25, -0.2) is 4.98 Å². The van der Waals surface area contributed by atoms with Crippen molar-refractivity contribution in [3.05, 3.63) is 23.9 Å². The average molecular weight is 248 g/mol. The van der Waals surface area contributed by atoms with Crippen LogP contribution in [0.2, 0.25) is 0 Å². The molecule has 1 aliphatic carbocycles. The van der Waals surface area contributed by atoms with E-state index < -0.39 is 5.60 Å². The summed E-state index contributed by atoms with van der Waals surface area (Å²) in [7, 11) is 1.61. The van der Waals surface area contributed by atoms with E-state index in [1.54, 1.807) is 25.4 Å². The first-order valence-corrected chi connectivity index (χ1v) is 6.39. The molecule has 1 heterocycles. The predicted octanol–water partition coefficient (Wildman–Crippen LogP) is 2.44. The van der Waals surface area contributed by atoms with Gasteiger partial charge in [-0.15, -0.1) is 0 Å². The van der Waals surface area contributed by atoms with Gasteiger partial charge in [0.2, 0.25) is 0 Å². The molecule has 1 aromatic heterocycles. The van der Waals surface area contributed by atoms with E-state index >= 15 is 0 Å². The first kappa shape index (κ1) is 13.0. The highest BCUT2D eigenvalue weighted by molar-refractivity contribution is 6.05.